The Kier molecular flexibility index (Phi) is 4.23. The van der Waals surface area contributed by atoms with Crippen LogP contribution in [-0.2, 0) is 6.54 Å². The zero-order chi connectivity index (χ0) is 13.2. The second-order valence-corrected chi connectivity index (χ2v) is 7.54. The second kappa shape index (κ2) is 5.92. The number of hydrogen-bond donors (Lipinski definition) is 1. The van der Waals surface area contributed by atoms with Crippen LogP contribution in [0.1, 0.15) is 79.8 Å². The molecule has 0 bridgehead atoms. The van der Waals surface area contributed by atoms with Gasteiger partial charge in [-0.05, 0) is 44.6 Å². The van der Waals surface area contributed by atoms with Gasteiger partial charge in [0.05, 0.1) is 10.7 Å². The first-order chi connectivity index (χ1) is 9.28. The number of nitrogens with zero attached hydrogens (tertiary/aromatic N) is 1. The van der Waals surface area contributed by atoms with Crippen molar-refractivity contribution in [1.82, 2.24) is 10.3 Å². The lowest BCUT2D eigenvalue weighted by molar-refractivity contribution is 0.595. The van der Waals surface area contributed by atoms with E-state index in [0.29, 0.717) is 0 Å². The Morgan fingerprint density at radius 1 is 1.21 bits per heavy atom. The molecule has 0 saturated heterocycles. The van der Waals surface area contributed by atoms with Gasteiger partial charge in [0, 0.05) is 23.3 Å². The normalized spacial score (nSPS) is 27.1. The topological polar surface area (TPSA) is 24.9 Å². The van der Waals surface area contributed by atoms with E-state index in [4.69, 9.17) is 4.98 Å². The summed E-state index contributed by atoms with van der Waals surface area (Å²) in [5.41, 5.74) is 1.45. The van der Waals surface area contributed by atoms with Crippen molar-refractivity contribution in [2.24, 2.45) is 5.92 Å². The molecule has 0 aromatic carbocycles. The average molecular weight is 278 g/mol. The predicted octanol–water partition coefficient (Wildman–Crippen LogP) is 4.42. The molecule has 2 nitrogen and oxygen atoms in total. The third-order valence-corrected chi connectivity index (χ3v) is 5.70. The van der Waals surface area contributed by atoms with Gasteiger partial charge in [-0.1, -0.05) is 20.3 Å². The van der Waals surface area contributed by atoms with Crippen LogP contribution in [0.25, 0.3) is 0 Å². The Hall–Kier alpha value is -0.410. The van der Waals surface area contributed by atoms with E-state index >= 15 is 0 Å². The molecule has 0 amide bonds. The summed E-state index contributed by atoms with van der Waals surface area (Å²) < 4.78 is 0. The molecule has 1 heterocycles. The van der Waals surface area contributed by atoms with Crippen LogP contribution in [0, 0.1) is 5.92 Å². The van der Waals surface area contributed by atoms with Crippen molar-refractivity contribution >= 4 is 11.3 Å². The highest BCUT2D eigenvalue weighted by atomic mass is 32.1. The van der Waals surface area contributed by atoms with Crippen LogP contribution in [0.5, 0.6) is 0 Å². The van der Waals surface area contributed by atoms with Crippen molar-refractivity contribution in [3.05, 3.63) is 15.6 Å². The molecule has 2 saturated carbocycles. The fraction of sp³-hybridized carbons (Fsp3) is 0.812. The van der Waals surface area contributed by atoms with Gasteiger partial charge in [-0.3, -0.25) is 0 Å². The summed E-state index contributed by atoms with van der Waals surface area (Å²) in [6, 6.07) is 0. The molecule has 2 unspecified atom stereocenters. The van der Waals surface area contributed by atoms with Crippen molar-refractivity contribution in [3.63, 3.8) is 0 Å². The van der Waals surface area contributed by atoms with Crippen LogP contribution in [0.4, 0.5) is 0 Å². The highest BCUT2D eigenvalue weighted by molar-refractivity contribution is 7.11. The largest absolute Gasteiger partial charge is 0.312 e. The Labute approximate surface area is 121 Å². The van der Waals surface area contributed by atoms with Gasteiger partial charge in [0.2, 0.25) is 0 Å². The van der Waals surface area contributed by atoms with E-state index in [9.17, 15) is 0 Å². The summed E-state index contributed by atoms with van der Waals surface area (Å²) in [6.07, 6.45) is 8.06. The van der Waals surface area contributed by atoms with E-state index in [1.165, 1.54) is 54.1 Å². The molecule has 1 N–H and O–H groups in total. The molecule has 1 aromatic rings. The first kappa shape index (κ1) is 13.6. The maximum Gasteiger partial charge on any atom is 0.0962 e. The molecule has 1 aromatic heterocycles. The summed E-state index contributed by atoms with van der Waals surface area (Å²) in [4.78, 5) is 6.58. The molecule has 0 radical (unpaired) electrons. The fourth-order valence-electron chi connectivity index (χ4n) is 3.17. The number of rotatable bonds is 6. The van der Waals surface area contributed by atoms with E-state index < -0.39 is 0 Å². The molecule has 106 valence electrons. The highest BCUT2D eigenvalue weighted by Gasteiger charge is 2.32. The van der Waals surface area contributed by atoms with Crippen molar-refractivity contribution in [3.8, 4) is 0 Å². The van der Waals surface area contributed by atoms with Gasteiger partial charge in [-0.25, -0.2) is 4.98 Å². The first-order valence-electron chi connectivity index (χ1n) is 7.98. The van der Waals surface area contributed by atoms with Gasteiger partial charge in [0.15, 0.2) is 0 Å². The molecular weight excluding hydrogens is 252 g/mol. The molecule has 19 heavy (non-hydrogen) atoms. The van der Waals surface area contributed by atoms with Crippen molar-refractivity contribution in [1.29, 1.82) is 0 Å². The number of hydrogen-bond acceptors (Lipinski definition) is 3. The minimum atomic E-state index is 0.762. The van der Waals surface area contributed by atoms with Crippen LogP contribution in [0.3, 0.4) is 0 Å². The van der Waals surface area contributed by atoms with Gasteiger partial charge in [0.25, 0.3) is 0 Å². The quantitative estimate of drug-likeness (QED) is 0.779. The summed E-state index contributed by atoms with van der Waals surface area (Å²) in [6.45, 7) is 6.78. The summed E-state index contributed by atoms with van der Waals surface area (Å²) in [7, 11) is 0. The zero-order valence-corrected chi connectivity index (χ0v) is 13.1. The lowest BCUT2D eigenvalue weighted by Gasteiger charge is -2.04. The summed E-state index contributed by atoms with van der Waals surface area (Å²) >= 11 is 2.00. The van der Waals surface area contributed by atoms with Gasteiger partial charge in [-0.15, -0.1) is 11.3 Å². The standard InChI is InChI=1S/C16H26N2S/c1-3-8-17-10-14-15(12-6-7-12)18-16(19-14)13-5-4-11(2)9-13/h11-13,17H,3-10H2,1-2H3. The van der Waals surface area contributed by atoms with Gasteiger partial charge < -0.3 is 5.32 Å². The Bertz CT molecular complexity index is 422. The average Bonchev–Trinajstić information content (AvgIpc) is 3.01. The van der Waals surface area contributed by atoms with Crippen LogP contribution in [0.15, 0.2) is 0 Å². The maximum atomic E-state index is 5.05. The first-order valence-corrected chi connectivity index (χ1v) is 8.79. The summed E-state index contributed by atoms with van der Waals surface area (Å²) in [5, 5.41) is 5.00. The highest BCUT2D eigenvalue weighted by Crippen LogP contribution is 2.46. The molecule has 2 fully saturated rings. The molecule has 3 heteroatoms. The van der Waals surface area contributed by atoms with E-state index in [-0.39, 0.29) is 0 Å². The van der Waals surface area contributed by atoms with E-state index in [0.717, 1.165) is 30.8 Å². The number of nitrogens with one attached hydrogen (secondary N) is 1. The van der Waals surface area contributed by atoms with Crippen molar-refractivity contribution in [2.45, 2.75) is 70.8 Å². The van der Waals surface area contributed by atoms with E-state index in [1.807, 2.05) is 11.3 Å². The summed E-state index contributed by atoms with van der Waals surface area (Å²) in [5.74, 6) is 2.46. The molecular formula is C16H26N2S. The lowest BCUT2D eigenvalue weighted by Crippen LogP contribution is -2.13. The monoisotopic (exact) mass is 278 g/mol. The zero-order valence-electron chi connectivity index (χ0n) is 12.2. The number of thiazole rings is 1. The van der Waals surface area contributed by atoms with Crippen LogP contribution < -0.4 is 5.32 Å². The van der Waals surface area contributed by atoms with Crippen LogP contribution in [0.2, 0.25) is 0 Å². The van der Waals surface area contributed by atoms with Crippen molar-refractivity contribution in [2.75, 3.05) is 6.54 Å². The van der Waals surface area contributed by atoms with Gasteiger partial charge in [0.1, 0.15) is 0 Å². The van der Waals surface area contributed by atoms with Crippen LogP contribution in [-0.4, -0.2) is 11.5 Å². The Morgan fingerprint density at radius 3 is 2.63 bits per heavy atom. The Balaban J connectivity index is 1.72. The third-order valence-electron chi connectivity index (χ3n) is 4.46. The minimum absolute atomic E-state index is 0.762. The maximum absolute atomic E-state index is 5.05. The molecule has 0 spiro atoms. The molecule has 0 aliphatic heterocycles. The van der Waals surface area contributed by atoms with E-state index in [1.54, 1.807) is 0 Å². The van der Waals surface area contributed by atoms with E-state index in [2.05, 4.69) is 19.2 Å². The lowest BCUT2D eigenvalue weighted by atomic mass is 10.1. The predicted molar refractivity (Wildman–Crippen MR) is 81.8 cm³/mol. The van der Waals surface area contributed by atoms with Crippen molar-refractivity contribution < 1.29 is 0 Å². The minimum Gasteiger partial charge on any atom is -0.312 e. The second-order valence-electron chi connectivity index (χ2n) is 6.43. The molecule has 2 aliphatic rings. The molecule has 2 atom stereocenters. The fourth-order valence-corrected chi connectivity index (χ4v) is 4.44. The smallest absolute Gasteiger partial charge is 0.0962 e. The molecule has 3 rings (SSSR count). The van der Waals surface area contributed by atoms with Gasteiger partial charge in [-0.2, -0.15) is 0 Å². The number of aromatic nitrogens is 1. The van der Waals surface area contributed by atoms with Gasteiger partial charge >= 0.3 is 0 Å². The Morgan fingerprint density at radius 2 is 2.00 bits per heavy atom. The third kappa shape index (κ3) is 3.19. The molecule has 2 aliphatic carbocycles. The SMILES string of the molecule is CCCNCc1sc(C2CCC(C)C2)nc1C1CC1. The van der Waals surface area contributed by atoms with Crippen LogP contribution >= 0.6 is 11.3 Å².